The van der Waals surface area contributed by atoms with Crippen molar-refractivity contribution in [1.82, 2.24) is 28.7 Å². The monoisotopic (exact) mass is 705 g/mol. The minimum atomic E-state index is -5.08. The van der Waals surface area contributed by atoms with Gasteiger partial charge in [0.2, 0.25) is 0 Å². The molecule has 4 heterocycles. The van der Waals surface area contributed by atoms with E-state index in [1.165, 1.54) is 25.9 Å². The van der Waals surface area contributed by atoms with Crippen LogP contribution in [0.2, 0.25) is 0 Å². The van der Waals surface area contributed by atoms with Gasteiger partial charge in [-0.15, -0.1) is 0 Å². The van der Waals surface area contributed by atoms with Crippen LogP contribution in [0.3, 0.4) is 0 Å². The molecule has 270 valence electrons. The highest BCUT2D eigenvalue weighted by Gasteiger charge is 2.38. The van der Waals surface area contributed by atoms with Crippen LogP contribution in [0, 0.1) is 6.92 Å². The molecule has 1 saturated carbocycles. The van der Waals surface area contributed by atoms with Crippen molar-refractivity contribution in [3.05, 3.63) is 78.1 Å². The fourth-order valence-corrected chi connectivity index (χ4v) is 7.23. The number of nitrogens with zero attached hydrogens (tertiary/aromatic N) is 6. The number of aromatic nitrogens is 4. The summed E-state index contributed by atoms with van der Waals surface area (Å²) in [6.07, 6.45) is 3.54. The lowest BCUT2D eigenvalue weighted by atomic mass is 9.84. The van der Waals surface area contributed by atoms with E-state index in [4.69, 9.17) is 19.6 Å². The van der Waals surface area contributed by atoms with Crippen molar-refractivity contribution >= 4 is 34.0 Å². The number of likely N-dealkylation sites (N-methyl/N-ethyl adjacent to an activating group) is 1. The number of aryl methyl sites for hydroxylation is 2. The molecule has 0 atom stereocenters. The van der Waals surface area contributed by atoms with Crippen molar-refractivity contribution < 1.29 is 32.6 Å². The van der Waals surface area contributed by atoms with Gasteiger partial charge in [-0.2, -0.15) is 13.2 Å². The van der Waals surface area contributed by atoms with Crippen LogP contribution < -0.4 is 10.1 Å². The van der Waals surface area contributed by atoms with Crippen molar-refractivity contribution in [1.29, 1.82) is 0 Å². The van der Waals surface area contributed by atoms with Crippen molar-refractivity contribution in [2.24, 2.45) is 7.05 Å². The number of carbonyl (C=O) groups excluding carboxylic acids is 1. The average Bonchev–Trinajstić information content (AvgIpc) is 3.68. The molecular formula is C37H42F3N7O4. The van der Waals surface area contributed by atoms with Gasteiger partial charge < -0.3 is 24.6 Å². The SMILES string of the molecule is COc1cc(-c2nc([C@H]3CC[C@H](N4CCN(C)CC4)CC3)n3ccnc(C)c23)ccc1NC(=O)c1cc2ccccc2n1C.O=C(O)C(F)(F)F. The molecular weight excluding hydrogens is 663 g/mol. The largest absolute Gasteiger partial charge is 0.495 e. The van der Waals surface area contributed by atoms with Crippen LogP contribution in [0.25, 0.3) is 27.7 Å². The second kappa shape index (κ2) is 14.7. The Morgan fingerprint density at radius 2 is 1.67 bits per heavy atom. The Balaban J connectivity index is 0.000000582. The molecule has 11 nitrogen and oxygen atoms in total. The number of anilines is 1. The Morgan fingerprint density at radius 3 is 2.31 bits per heavy atom. The molecule has 2 aromatic carbocycles. The first-order valence-electron chi connectivity index (χ1n) is 17.0. The first-order valence-corrected chi connectivity index (χ1v) is 17.0. The molecule has 7 rings (SSSR count). The van der Waals surface area contributed by atoms with E-state index in [2.05, 4.69) is 37.7 Å². The Labute approximate surface area is 293 Å². The lowest BCUT2D eigenvalue weighted by Gasteiger charge is -2.41. The highest BCUT2D eigenvalue weighted by atomic mass is 19.4. The van der Waals surface area contributed by atoms with Crippen LogP contribution >= 0.6 is 0 Å². The van der Waals surface area contributed by atoms with E-state index in [1.54, 1.807) is 7.11 Å². The van der Waals surface area contributed by atoms with Crippen molar-refractivity contribution in [2.75, 3.05) is 45.7 Å². The maximum Gasteiger partial charge on any atom is 0.490 e. The molecule has 0 unspecified atom stereocenters. The number of hydrogen-bond donors (Lipinski definition) is 2. The van der Waals surface area contributed by atoms with E-state index in [-0.39, 0.29) is 5.91 Å². The lowest BCUT2D eigenvalue weighted by molar-refractivity contribution is -0.192. The number of carbonyl (C=O) groups is 2. The topological polar surface area (TPSA) is 117 Å². The molecule has 1 aliphatic carbocycles. The number of piperazine rings is 1. The number of hydrogen-bond acceptors (Lipinski definition) is 7. The number of rotatable bonds is 6. The zero-order chi connectivity index (χ0) is 36.4. The highest BCUT2D eigenvalue weighted by molar-refractivity contribution is 6.07. The van der Waals surface area contributed by atoms with E-state index >= 15 is 0 Å². The zero-order valence-electron chi connectivity index (χ0n) is 29.1. The third-order valence-electron chi connectivity index (χ3n) is 10.0. The van der Waals surface area contributed by atoms with Crippen molar-refractivity contribution in [3.63, 3.8) is 0 Å². The molecule has 0 spiro atoms. The third kappa shape index (κ3) is 7.57. The minimum absolute atomic E-state index is 0.184. The van der Waals surface area contributed by atoms with Gasteiger partial charge in [0.25, 0.3) is 5.91 Å². The zero-order valence-corrected chi connectivity index (χ0v) is 29.1. The summed E-state index contributed by atoms with van der Waals surface area (Å²) >= 11 is 0. The fraction of sp³-hybridized carbons (Fsp3) is 0.405. The molecule has 1 aliphatic heterocycles. The van der Waals surface area contributed by atoms with Crippen molar-refractivity contribution in [2.45, 2.75) is 50.7 Å². The van der Waals surface area contributed by atoms with Crippen molar-refractivity contribution in [3.8, 4) is 17.0 Å². The fourth-order valence-electron chi connectivity index (χ4n) is 7.23. The molecule has 2 N–H and O–H groups in total. The molecule has 14 heteroatoms. The van der Waals surface area contributed by atoms with Crippen LogP contribution in [0.15, 0.2) is 60.9 Å². The number of methoxy groups -OCH3 is 1. The number of carboxylic acid groups (broad SMARTS) is 1. The number of nitrogens with one attached hydrogen (secondary N) is 1. The highest BCUT2D eigenvalue weighted by Crippen LogP contribution is 2.39. The molecule has 2 fully saturated rings. The predicted molar refractivity (Wildman–Crippen MR) is 188 cm³/mol. The molecule has 1 saturated heterocycles. The Morgan fingerprint density at radius 1 is 0.980 bits per heavy atom. The van der Waals surface area contributed by atoms with Gasteiger partial charge in [0, 0.05) is 74.0 Å². The van der Waals surface area contributed by atoms with Crippen LogP contribution in [0.4, 0.5) is 18.9 Å². The van der Waals surface area contributed by atoms with E-state index in [9.17, 15) is 18.0 Å². The summed E-state index contributed by atoms with van der Waals surface area (Å²) in [5.74, 6) is -0.830. The summed E-state index contributed by atoms with van der Waals surface area (Å²) in [6.45, 7) is 6.72. The van der Waals surface area contributed by atoms with E-state index < -0.39 is 12.1 Å². The molecule has 1 amide bonds. The third-order valence-corrected chi connectivity index (χ3v) is 10.0. The van der Waals surface area contributed by atoms with E-state index in [1.807, 2.05) is 73.3 Å². The summed E-state index contributed by atoms with van der Waals surface area (Å²) in [5, 5.41) is 11.2. The van der Waals surface area contributed by atoms with Crippen LogP contribution in [-0.2, 0) is 11.8 Å². The Kier molecular flexibility index (Phi) is 10.4. The Hall–Kier alpha value is -4.95. The Bertz CT molecular complexity index is 2040. The molecule has 0 bridgehead atoms. The number of para-hydroxylation sites is 1. The summed E-state index contributed by atoms with van der Waals surface area (Å²) in [4.78, 5) is 37.3. The van der Waals surface area contributed by atoms with E-state index in [0.29, 0.717) is 29.1 Å². The summed E-state index contributed by atoms with van der Waals surface area (Å²) in [7, 11) is 5.76. The number of amides is 1. The average molecular weight is 706 g/mol. The first-order chi connectivity index (χ1) is 24.3. The summed E-state index contributed by atoms with van der Waals surface area (Å²) in [5.41, 5.74) is 6.03. The number of fused-ring (bicyclic) bond motifs is 2. The maximum absolute atomic E-state index is 13.3. The molecule has 0 radical (unpaired) electrons. The van der Waals surface area contributed by atoms with E-state index in [0.717, 1.165) is 65.1 Å². The van der Waals surface area contributed by atoms with Crippen LogP contribution in [0.5, 0.6) is 5.75 Å². The maximum atomic E-state index is 13.3. The summed E-state index contributed by atoms with van der Waals surface area (Å²) in [6, 6.07) is 16.5. The number of aliphatic carboxylic acids is 1. The van der Waals surface area contributed by atoms with Crippen LogP contribution in [-0.4, -0.2) is 98.3 Å². The quantitative estimate of drug-likeness (QED) is 0.210. The number of imidazole rings is 1. The number of carboxylic acids is 1. The normalized spacial score (nSPS) is 18.7. The summed E-state index contributed by atoms with van der Waals surface area (Å²) < 4.78 is 41.7. The lowest BCUT2D eigenvalue weighted by Crippen LogP contribution is -2.49. The van der Waals surface area contributed by atoms with Gasteiger partial charge in [-0.05, 0) is 63.9 Å². The molecule has 5 aromatic rings. The number of benzene rings is 2. The van der Waals surface area contributed by atoms with Gasteiger partial charge >= 0.3 is 12.1 Å². The van der Waals surface area contributed by atoms with Gasteiger partial charge in [0.15, 0.2) is 0 Å². The number of alkyl halides is 3. The number of halogens is 3. The minimum Gasteiger partial charge on any atom is -0.495 e. The second-order valence-corrected chi connectivity index (χ2v) is 13.2. The second-order valence-electron chi connectivity index (χ2n) is 13.2. The molecule has 3 aromatic heterocycles. The standard InChI is InChI=1S/C35H41N7O2.C2HF3O2/c1-23-33-32(38-34(42(33)16-15-36-23)24-9-12-27(13-10-24)41-19-17-39(2)18-20-41)26-11-14-28(31(22-26)44-4)37-35(43)30-21-25-7-5-6-8-29(25)40(30)3;3-2(4,5)1(6)7/h5-8,11,14-16,21-22,24,27H,9-10,12-13,17-20H2,1-4H3,(H,37,43);(H,6,7)/t24-,27-;. The van der Waals surface area contributed by atoms with Gasteiger partial charge in [0.1, 0.15) is 17.3 Å². The van der Waals surface area contributed by atoms with Gasteiger partial charge in [-0.1, -0.05) is 24.3 Å². The molecule has 51 heavy (non-hydrogen) atoms. The van der Waals surface area contributed by atoms with Crippen LogP contribution in [0.1, 0.15) is 53.6 Å². The predicted octanol–water partition coefficient (Wildman–Crippen LogP) is 6.36. The van der Waals surface area contributed by atoms with Gasteiger partial charge in [-0.3, -0.25) is 19.1 Å². The first kappa shape index (κ1) is 35.9. The molecule has 2 aliphatic rings. The smallest absolute Gasteiger partial charge is 0.490 e. The van der Waals surface area contributed by atoms with Gasteiger partial charge in [0.05, 0.1) is 29.7 Å². The van der Waals surface area contributed by atoms with Gasteiger partial charge in [-0.25, -0.2) is 9.78 Å². The number of ether oxygens (including phenoxy) is 1.